The van der Waals surface area contributed by atoms with Crippen LogP contribution in [0.1, 0.15) is 50.1 Å². The summed E-state index contributed by atoms with van der Waals surface area (Å²) in [5, 5.41) is 22.8. The van der Waals surface area contributed by atoms with Crippen LogP contribution in [0.15, 0.2) is 36.8 Å². The summed E-state index contributed by atoms with van der Waals surface area (Å²) in [5.74, 6) is -1.64. The lowest BCUT2D eigenvalue weighted by atomic mass is 10.1. The van der Waals surface area contributed by atoms with Crippen molar-refractivity contribution < 1.29 is 24.2 Å². The van der Waals surface area contributed by atoms with Crippen LogP contribution in [0.5, 0.6) is 0 Å². The number of nitrogens with zero attached hydrogens (tertiary/aromatic N) is 3. The van der Waals surface area contributed by atoms with Gasteiger partial charge in [-0.1, -0.05) is 12.1 Å². The van der Waals surface area contributed by atoms with Crippen LogP contribution in [0.25, 0.3) is 0 Å². The van der Waals surface area contributed by atoms with Crippen LogP contribution in [0.2, 0.25) is 0 Å². The van der Waals surface area contributed by atoms with Crippen molar-refractivity contribution in [2.45, 2.75) is 45.4 Å². The second-order valence-electron chi connectivity index (χ2n) is 7.77. The Morgan fingerprint density at radius 1 is 1.26 bits per heavy atom. The number of aliphatic carboxylic acids is 1. The van der Waals surface area contributed by atoms with Gasteiger partial charge in [-0.05, 0) is 38.5 Å². The van der Waals surface area contributed by atoms with Gasteiger partial charge in [-0.3, -0.25) is 9.59 Å². The van der Waals surface area contributed by atoms with Gasteiger partial charge in [0.05, 0.1) is 36.3 Å². The highest BCUT2D eigenvalue weighted by Gasteiger charge is 2.28. The zero-order valence-electron chi connectivity index (χ0n) is 17.6. The maximum absolute atomic E-state index is 12.8. The summed E-state index contributed by atoms with van der Waals surface area (Å²) in [4.78, 5) is 39.9. The summed E-state index contributed by atoms with van der Waals surface area (Å²) in [6, 6.07) is 7.83. The fourth-order valence-corrected chi connectivity index (χ4v) is 2.68. The number of benzene rings is 1. The molecule has 1 aromatic heterocycles. The molecular formula is C21H25N5O5. The second kappa shape index (κ2) is 10.2. The number of ether oxygens (including phenoxy) is 1. The maximum atomic E-state index is 12.8. The number of nitrogens with one attached hydrogen (secondary N) is 2. The van der Waals surface area contributed by atoms with E-state index in [9.17, 15) is 14.4 Å². The molecule has 2 amide bonds. The number of rotatable bonds is 8. The van der Waals surface area contributed by atoms with E-state index in [1.807, 2.05) is 6.07 Å². The zero-order valence-corrected chi connectivity index (χ0v) is 17.6. The minimum atomic E-state index is -1.15. The molecule has 1 heterocycles. The number of hydrogen-bond acceptors (Lipinski definition) is 6. The summed E-state index contributed by atoms with van der Waals surface area (Å²) in [6.45, 7) is 5.34. The Hall–Kier alpha value is -3.87. The first kappa shape index (κ1) is 23.4. The van der Waals surface area contributed by atoms with E-state index in [1.165, 1.54) is 12.5 Å². The van der Waals surface area contributed by atoms with Gasteiger partial charge >= 0.3 is 12.1 Å². The molecule has 31 heavy (non-hydrogen) atoms. The molecule has 10 nitrogen and oxygen atoms in total. The Bertz CT molecular complexity index is 969. The Labute approximate surface area is 179 Å². The third-order valence-corrected chi connectivity index (χ3v) is 4.04. The van der Waals surface area contributed by atoms with E-state index in [0.29, 0.717) is 17.8 Å². The lowest BCUT2D eigenvalue weighted by Crippen LogP contribution is -2.43. The summed E-state index contributed by atoms with van der Waals surface area (Å²) >= 11 is 0. The molecule has 0 saturated carbocycles. The molecule has 164 valence electrons. The number of carboxylic acid groups (broad SMARTS) is 1. The number of carboxylic acids is 1. The third kappa shape index (κ3) is 7.47. The number of carbonyl (C=O) groups excluding carboxylic acids is 2. The summed E-state index contributed by atoms with van der Waals surface area (Å²) in [7, 11) is 0. The van der Waals surface area contributed by atoms with Gasteiger partial charge in [0.1, 0.15) is 5.60 Å². The van der Waals surface area contributed by atoms with E-state index >= 15 is 0 Å². The number of aromatic nitrogens is 2. The highest BCUT2D eigenvalue weighted by Crippen LogP contribution is 2.17. The second-order valence-corrected chi connectivity index (χ2v) is 7.77. The molecule has 0 aliphatic carbocycles. The van der Waals surface area contributed by atoms with Crippen molar-refractivity contribution in [1.82, 2.24) is 20.2 Å². The summed E-state index contributed by atoms with van der Waals surface area (Å²) in [6.07, 6.45) is 1.91. The van der Waals surface area contributed by atoms with Crippen molar-refractivity contribution in [3.8, 4) is 6.07 Å². The van der Waals surface area contributed by atoms with Crippen molar-refractivity contribution in [1.29, 1.82) is 5.26 Å². The molecule has 2 aromatic rings. The fourth-order valence-electron chi connectivity index (χ4n) is 2.68. The van der Waals surface area contributed by atoms with Crippen LogP contribution in [0.4, 0.5) is 4.79 Å². The molecule has 1 unspecified atom stereocenters. The standard InChI is InChI=1S/C21H25N5O5/c1-21(2,3)31-20(30)25-18(19(29)24-9-8-17(27)28)16-11-23-13-26(16)12-15-6-4-14(10-22)5-7-15/h4-7,11,13,18H,8-9,12H2,1-3H3,(H,24,29)(H,25,30)(H,27,28). The topological polar surface area (TPSA) is 146 Å². The molecule has 2 rings (SSSR count). The number of hydrogen-bond donors (Lipinski definition) is 3. The van der Waals surface area contributed by atoms with E-state index in [4.69, 9.17) is 15.1 Å². The van der Waals surface area contributed by atoms with E-state index in [0.717, 1.165) is 5.56 Å². The third-order valence-electron chi connectivity index (χ3n) is 4.04. The average molecular weight is 427 g/mol. The minimum Gasteiger partial charge on any atom is -0.481 e. The monoisotopic (exact) mass is 427 g/mol. The van der Waals surface area contributed by atoms with Crippen molar-refractivity contribution in [3.05, 3.63) is 53.6 Å². The van der Waals surface area contributed by atoms with Gasteiger partial charge < -0.3 is 25.0 Å². The van der Waals surface area contributed by atoms with Gasteiger partial charge in [0.25, 0.3) is 0 Å². The highest BCUT2D eigenvalue weighted by molar-refractivity contribution is 5.86. The Morgan fingerprint density at radius 2 is 1.94 bits per heavy atom. The van der Waals surface area contributed by atoms with Crippen molar-refractivity contribution >= 4 is 18.0 Å². The first-order valence-electron chi connectivity index (χ1n) is 9.57. The van der Waals surface area contributed by atoms with Gasteiger partial charge in [0, 0.05) is 13.1 Å². The maximum Gasteiger partial charge on any atom is 0.408 e. The molecule has 10 heteroatoms. The smallest absolute Gasteiger partial charge is 0.408 e. The number of amides is 2. The number of carbonyl (C=O) groups is 3. The quantitative estimate of drug-likeness (QED) is 0.583. The van der Waals surface area contributed by atoms with Crippen molar-refractivity contribution in [3.63, 3.8) is 0 Å². The van der Waals surface area contributed by atoms with Crippen LogP contribution in [0, 0.1) is 11.3 Å². The molecule has 0 spiro atoms. The van der Waals surface area contributed by atoms with E-state index in [2.05, 4.69) is 15.6 Å². The number of nitriles is 1. The number of alkyl carbamates (subject to hydrolysis) is 1. The van der Waals surface area contributed by atoms with E-state index < -0.39 is 29.6 Å². The molecule has 1 atom stereocenters. The largest absolute Gasteiger partial charge is 0.481 e. The van der Waals surface area contributed by atoms with Crippen LogP contribution in [-0.2, 0) is 20.9 Å². The molecule has 0 radical (unpaired) electrons. The van der Waals surface area contributed by atoms with E-state index in [1.54, 1.807) is 49.6 Å². The lowest BCUT2D eigenvalue weighted by molar-refractivity contribution is -0.137. The molecule has 0 fully saturated rings. The number of imidazole rings is 1. The molecule has 3 N–H and O–H groups in total. The van der Waals surface area contributed by atoms with Gasteiger partial charge in [-0.25, -0.2) is 9.78 Å². The molecular weight excluding hydrogens is 402 g/mol. The summed E-state index contributed by atoms with van der Waals surface area (Å²) < 4.78 is 6.94. The van der Waals surface area contributed by atoms with Crippen LogP contribution < -0.4 is 10.6 Å². The normalized spacial score (nSPS) is 11.8. The van der Waals surface area contributed by atoms with Gasteiger partial charge in [-0.15, -0.1) is 0 Å². The van der Waals surface area contributed by atoms with Crippen LogP contribution in [-0.4, -0.2) is 44.8 Å². The van der Waals surface area contributed by atoms with Gasteiger partial charge in [0.15, 0.2) is 6.04 Å². The first-order chi connectivity index (χ1) is 14.6. The Balaban J connectivity index is 2.25. The molecule has 0 aliphatic heterocycles. The molecule has 0 aliphatic rings. The van der Waals surface area contributed by atoms with E-state index in [-0.39, 0.29) is 13.0 Å². The van der Waals surface area contributed by atoms with Crippen molar-refractivity contribution in [2.24, 2.45) is 0 Å². The van der Waals surface area contributed by atoms with Crippen molar-refractivity contribution in [2.75, 3.05) is 6.54 Å². The Kier molecular flexibility index (Phi) is 7.74. The zero-order chi connectivity index (χ0) is 23.0. The Morgan fingerprint density at radius 3 is 2.52 bits per heavy atom. The average Bonchev–Trinajstić information content (AvgIpc) is 3.12. The minimum absolute atomic E-state index is 0.0928. The van der Waals surface area contributed by atoms with Crippen LogP contribution in [0.3, 0.4) is 0 Å². The lowest BCUT2D eigenvalue weighted by Gasteiger charge is -2.24. The SMILES string of the molecule is CC(C)(C)OC(=O)NC(C(=O)NCCC(=O)O)c1cncn1Cc1ccc(C#N)cc1. The predicted octanol–water partition coefficient (Wildman–Crippen LogP) is 1.96. The molecule has 0 bridgehead atoms. The van der Waals surface area contributed by atoms with Gasteiger partial charge in [0.2, 0.25) is 5.91 Å². The molecule has 1 aromatic carbocycles. The van der Waals surface area contributed by atoms with Gasteiger partial charge in [-0.2, -0.15) is 5.26 Å². The first-order valence-corrected chi connectivity index (χ1v) is 9.57. The predicted molar refractivity (Wildman–Crippen MR) is 110 cm³/mol. The summed E-state index contributed by atoms with van der Waals surface area (Å²) in [5.41, 5.74) is 1.01. The highest BCUT2D eigenvalue weighted by atomic mass is 16.6. The van der Waals surface area contributed by atoms with Crippen LogP contribution >= 0.6 is 0 Å². The molecule has 0 saturated heterocycles. The fraction of sp³-hybridized carbons (Fsp3) is 0.381.